The van der Waals surface area contributed by atoms with Crippen molar-refractivity contribution in [2.75, 3.05) is 24.5 Å². The fraction of sp³-hybridized carbons (Fsp3) is 0.278. The molecule has 248 valence electrons. The average molecular weight is 697 g/mol. The molecule has 0 saturated heterocycles. The molecule has 1 unspecified atom stereocenters. The number of sulfonamides is 1. The number of hydrogen-bond donors (Lipinski definition) is 1. The van der Waals surface area contributed by atoms with Crippen molar-refractivity contribution in [3.05, 3.63) is 124 Å². The van der Waals surface area contributed by atoms with Crippen LogP contribution < -0.4 is 14.4 Å². The van der Waals surface area contributed by atoms with Gasteiger partial charge < -0.3 is 15.0 Å². The van der Waals surface area contributed by atoms with E-state index in [2.05, 4.69) is 5.32 Å². The molecule has 4 aromatic rings. The molecule has 0 aliphatic carbocycles. The molecule has 2 amide bonds. The second kappa shape index (κ2) is 16.2. The van der Waals surface area contributed by atoms with Gasteiger partial charge in [0.05, 0.1) is 17.7 Å². The maximum Gasteiger partial charge on any atom is 0.264 e. The number of rotatable bonds is 14. The Morgan fingerprint density at radius 1 is 0.851 bits per heavy atom. The monoisotopic (exact) mass is 695 g/mol. The van der Waals surface area contributed by atoms with Crippen LogP contribution in [0.15, 0.2) is 102 Å². The smallest absolute Gasteiger partial charge is 0.264 e. The minimum Gasteiger partial charge on any atom is -0.495 e. The molecule has 0 saturated carbocycles. The molecule has 0 bridgehead atoms. The second-order valence-corrected chi connectivity index (χ2v) is 14.4. The number of nitrogens with zero attached hydrogens (tertiary/aromatic N) is 2. The van der Waals surface area contributed by atoms with Crippen molar-refractivity contribution in [3.8, 4) is 5.75 Å². The predicted molar refractivity (Wildman–Crippen MR) is 187 cm³/mol. The maximum atomic E-state index is 14.6. The lowest BCUT2D eigenvalue weighted by atomic mass is 10.0. The molecule has 8 nitrogen and oxygen atoms in total. The van der Waals surface area contributed by atoms with Crippen molar-refractivity contribution in [2.45, 2.75) is 44.7 Å². The average Bonchev–Trinajstić information content (AvgIpc) is 3.05. The molecular weight excluding hydrogens is 657 g/mol. The van der Waals surface area contributed by atoms with Gasteiger partial charge in [-0.25, -0.2) is 8.42 Å². The Bertz CT molecular complexity index is 1770. The maximum absolute atomic E-state index is 14.6. The molecule has 4 rings (SSSR count). The van der Waals surface area contributed by atoms with Crippen LogP contribution in [-0.4, -0.2) is 51.4 Å². The molecular formula is C36H39Cl2N3O5S. The molecule has 1 N–H and O–H groups in total. The molecule has 1 atom stereocenters. The van der Waals surface area contributed by atoms with Crippen molar-refractivity contribution in [1.82, 2.24) is 10.2 Å². The molecule has 0 radical (unpaired) electrons. The summed E-state index contributed by atoms with van der Waals surface area (Å²) in [5, 5.41) is 3.76. The number of ether oxygens (including phenoxy) is 1. The minimum atomic E-state index is -4.32. The van der Waals surface area contributed by atoms with E-state index < -0.39 is 28.5 Å². The lowest BCUT2D eigenvalue weighted by molar-refractivity contribution is -0.140. The van der Waals surface area contributed by atoms with Gasteiger partial charge in [-0.1, -0.05) is 97.2 Å². The fourth-order valence-corrected chi connectivity index (χ4v) is 6.68. The summed E-state index contributed by atoms with van der Waals surface area (Å²) in [6.07, 6.45) is 0.204. The SMILES string of the molecule is COc1ccc(Cl)cc1N(CC(=O)N(Cc1ccc(Cl)cc1)C(Cc1ccccc1)C(=O)NCC(C)C)S(=O)(=O)c1ccc(C)cc1. The van der Waals surface area contributed by atoms with E-state index in [0.29, 0.717) is 17.1 Å². The highest BCUT2D eigenvalue weighted by molar-refractivity contribution is 7.92. The fourth-order valence-electron chi connectivity index (χ4n) is 4.97. The number of aryl methyl sites for hydroxylation is 1. The zero-order chi connectivity index (χ0) is 34.1. The van der Waals surface area contributed by atoms with Crippen molar-refractivity contribution < 1.29 is 22.7 Å². The topological polar surface area (TPSA) is 96.0 Å². The van der Waals surface area contributed by atoms with Gasteiger partial charge >= 0.3 is 0 Å². The standard InChI is InChI=1S/C36H39Cl2N3O5S/c1-25(2)22-39-36(43)33(20-27-8-6-5-7-9-27)40(23-28-12-14-29(37)15-13-28)35(42)24-41(32-21-30(38)16-19-34(32)46-4)47(44,45)31-17-10-26(3)11-18-31/h5-19,21,25,33H,20,22-24H2,1-4H3,(H,39,43). The van der Waals surface area contributed by atoms with E-state index in [1.54, 1.807) is 48.5 Å². The first kappa shape index (κ1) is 35.8. The molecule has 47 heavy (non-hydrogen) atoms. The van der Waals surface area contributed by atoms with Gasteiger partial charge in [-0.05, 0) is 66.4 Å². The van der Waals surface area contributed by atoms with Gasteiger partial charge in [-0.3, -0.25) is 13.9 Å². The lowest BCUT2D eigenvalue weighted by Gasteiger charge is -2.34. The Kier molecular flexibility index (Phi) is 12.3. The number of anilines is 1. The summed E-state index contributed by atoms with van der Waals surface area (Å²) >= 11 is 12.5. The largest absolute Gasteiger partial charge is 0.495 e. The number of nitrogens with one attached hydrogen (secondary N) is 1. The quantitative estimate of drug-likeness (QED) is 0.155. The van der Waals surface area contributed by atoms with Crippen molar-refractivity contribution in [2.24, 2.45) is 5.92 Å². The molecule has 4 aromatic carbocycles. The van der Waals surface area contributed by atoms with Gasteiger partial charge in [0.25, 0.3) is 10.0 Å². The van der Waals surface area contributed by atoms with Crippen LogP contribution in [-0.2, 0) is 32.6 Å². The summed E-state index contributed by atoms with van der Waals surface area (Å²) < 4.78 is 35.1. The lowest BCUT2D eigenvalue weighted by Crippen LogP contribution is -2.53. The number of halogens is 2. The highest BCUT2D eigenvalue weighted by atomic mass is 35.5. The normalized spacial score (nSPS) is 12.0. The highest BCUT2D eigenvalue weighted by Gasteiger charge is 2.35. The predicted octanol–water partition coefficient (Wildman–Crippen LogP) is 6.92. The molecule has 11 heteroatoms. The van der Waals surface area contributed by atoms with E-state index in [-0.39, 0.29) is 46.1 Å². The van der Waals surface area contributed by atoms with Crippen LogP contribution in [0.25, 0.3) is 0 Å². The van der Waals surface area contributed by atoms with Crippen LogP contribution in [0.2, 0.25) is 10.0 Å². The molecule has 0 aliphatic rings. The van der Waals surface area contributed by atoms with Crippen LogP contribution in [0, 0.1) is 12.8 Å². The van der Waals surface area contributed by atoms with Crippen LogP contribution in [0.3, 0.4) is 0 Å². The summed E-state index contributed by atoms with van der Waals surface area (Å²) in [5.74, 6) is -0.573. The molecule has 0 fully saturated rings. The van der Waals surface area contributed by atoms with Crippen molar-refractivity contribution >= 4 is 50.7 Å². The molecule has 0 aromatic heterocycles. The molecule has 0 aliphatic heterocycles. The number of hydrogen-bond acceptors (Lipinski definition) is 5. The van der Waals surface area contributed by atoms with E-state index in [9.17, 15) is 18.0 Å². The van der Waals surface area contributed by atoms with Gasteiger partial charge in [0, 0.05) is 29.6 Å². The Hall–Kier alpha value is -4.05. The Morgan fingerprint density at radius 2 is 1.49 bits per heavy atom. The van der Waals surface area contributed by atoms with Crippen LogP contribution in [0.4, 0.5) is 5.69 Å². The van der Waals surface area contributed by atoms with Crippen LogP contribution in [0.5, 0.6) is 5.75 Å². The zero-order valence-corrected chi connectivity index (χ0v) is 29.1. The minimum absolute atomic E-state index is 0.0160. The first-order chi connectivity index (χ1) is 22.4. The summed E-state index contributed by atoms with van der Waals surface area (Å²) in [6.45, 7) is 5.60. The number of carbonyl (C=O) groups excluding carboxylic acids is 2. The molecule has 0 spiro atoms. The van der Waals surface area contributed by atoms with Gasteiger partial charge in [-0.2, -0.15) is 0 Å². The zero-order valence-electron chi connectivity index (χ0n) is 26.8. The first-order valence-electron chi connectivity index (χ1n) is 15.2. The third-order valence-electron chi connectivity index (χ3n) is 7.52. The number of amides is 2. The summed E-state index contributed by atoms with van der Waals surface area (Å²) in [7, 11) is -2.91. The number of carbonyl (C=O) groups is 2. The van der Waals surface area contributed by atoms with E-state index >= 15 is 0 Å². The van der Waals surface area contributed by atoms with Crippen LogP contribution in [0.1, 0.15) is 30.5 Å². The van der Waals surface area contributed by atoms with Gasteiger partial charge in [0.2, 0.25) is 11.8 Å². The van der Waals surface area contributed by atoms with E-state index in [1.807, 2.05) is 51.1 Å². The second-order valence-electron chi connectivity index (χ2n) is 11.6. The first-order valence-corrected chi connectivity index (χ1v) is 17.4. The van der Waals surface area contributed by atoms with E-state index in [4.69, 9.17) is 27.9 Å². The summed E-state index contributed by atoms with van der Waals surface area (Å²) in [5.41, 5.74) is 2.51. The van der Waals surface area contributed by atoms with Crippen LogP contribution >= 0.6 is 23.2 Å². The number of benzene rings is 4. The van der Waals surface area contributed by atoms with E-state index in [0.717, 1.165) is 15.4 Å². The third-order valence-corrected chi connectivity index (χ3v) is 9.78. The Morgan fingerprint density at radius 3 is 2.11 bits per heavy atom. The van der Waals surface area contributed by atoms with Crippen molar-refractivity contribution in [3.63, 3.8) is 0 Å². The van der Waals surface area contributed by atoms with Gasteiger partial charge in [0.15, 0.2) is 0 Å². The number of methoxy groups -OCH3 is 1. The van der Waals surface area contributed by atoms with E-state index in [1.165, 1.54) is 30.2 Å². The van der Waals surface area contributed by atoms with Gasteiger partial charge in [0.1, 0.15) is 18.3 Å². The van der Waals surface area contributed by atoms with Crippen molar-refractivity contribution in [1.29, 1.82) is 0 Å². The Balaban J connectivity index is 1.84. The third kappa shape index (κ3) is 9.50. The Labute approximate surface area is 287 Å². The van der Waals surface area contributed by atoms with Gasteiger partial charge in [-0.15, -0.1) is 0 Å². The summed E-state index contributed by atoms with van der Waals surface area (Å²) in [6, 6.07) is 26.3. The molecule has 0 heterocycles. The summed E-state index contributed by atoms with van der Waals surface area (Å²) in [4.78, 5) is 29.9. The highest BCUT2D eigenvalue weighted by Crippen LogP contribution is 2.35.